The van der Waals surface area contributed by atoms with E-state index in [9.17, 15) is 9.59 Å². The standard InChI is InChI=1S/C11H14N6O2/c1-5-8(7(3)18)10(17(4)16-5)14-13-9-6(2)12-15-11(9)19/h1-4H3,(H2,12,15,19). The number of nitrogens with one attached hydrogen (secondary N) is 2. The van der Waals surface area contributed by atoms with E-state index in [4.69, 9.17) is 0 Å². The van der Waals surface area contributed by atoms with Gasteiger partial charge in [-0.25, -0.2) is 4.68 Å². The third-order valence-electron chi connectivity index (χ3n) is 2.72. The largest absolute Gasteiger partial charge is 0.300 e. The first-order chi connectivity index (χ1) is 8.91. The topological polar surface area (TPSA) is 108 Å². The second kappa shape index (κ2) is 4.63. The summed E-state index contributed by atoms with van der Waals surface area (Å²) in [5, 5.41) is 17.0. The molecular formula is C11H14N6O2. The Bertz CT molecular complexity index is 718. The maximum absolute atomic E-state index is 11.6. The van der Waals surface area contributed by atoms with Gasteiger partial charge in [0.1, 0.15) is 0 Å². The molecule has 0 saturated heterocycles. The number of aromatic nitrogens is 4. The molecule has 2 aromatic rings. The number of rotatable bonds is 3. The Morgan fingerprint density at radius 1 is 1.26 bits per heavy atom. The first kappa shape index (κ1) is 12.9. The van der Waals surface area contributed by atoms with Crippen LogP contribution in [0.1, 0.15) is 28.7 Å². The van der Waals surface area contributed by atoms with E-state index in [1.54, 1.807) is 20.9 Å². The van der Waals surface area contributed by atoms with Crippen molar-refractivity contribution in [2.45, 2.75) is 20.8 Å². The number of aryl methyl sites for hydroxylation is 3. The molecule has 0 aliphatic rings. The fourth-order valence-corrected chi connectivity index (χ4v) is 1.83. The smallest absolute Gasteiger partial charge is 0.291 e. The Kier molecular flexibility index (Phi) is 3.16. The van der Waals surface area contributed by atoms with Crippen molar-refractivity contribution < 1.29 is 4.79 Å². The summed E-state index contributed by atoms with van der Waals surface area (Å²) in [6, 6.07) is 0. The van der Waals surface area contributed by atoms with E-state index in [1.807, 2.05) is 0 Å². The molecule has 0 aliphatic carbocycles. The zero-order valence-electron chi connectivity index (χ0n) is 11.1. The lowest BCUT2D eigenvalue weighted by Crippen LogP contribution is -1.97. The number of azo groups is 1. The third-order valence-corrected chi connectivity index (χ3v) is 2.72. The highest BCUT2D eigenvalue weighted by atomic mass is 16.1. The molecule has 0 amide bonds. The van der Waals surface area contributed by atoms with E-state index in [0.717, 1.165) is 0 Å². The lowest BCUT2D eigenvalue weighted by atomic mass is 10.2. The van der Waals surface area contributed by atoms with Crippen LogP contribution in [0.25, 0.3) is 0 Å². The van der Waals surface area contributed by atoms with Crippen LogP contribution in [0.2, 0.25) is 0 Å². The van der Waals surface area contributed by atoms with Crippen LogP contribution in [-0.4, -0.2) is 25.8 Å². The van der Waals surface area contributed by atoms with E-state index < -0.39 is 0 Å². The van der Waals surface area contributed by atoms with Crippen LogP contribution < -0.4 is 5.56 Å². The summed E-state index contributed by atoms with van der Waals surface area (Å²) in [6.07, 6.45) is 0. The van der Waals surface area contributed by atoms with Crippen molar-refractivity contribution in [1.82, 2.24) is 20.0 Å². The van der Waals surface area contributed by atoms with Crippen LogP contribution in [0.4, 0.5) is 11.5 Å². The van der Waals surface area contributed by atoms with Crippen molar-refractivity contribution in [3.63, 3.8) is 0 Å². The Morgan fingerprint density at radius 3 is 2.47 bits per heavy atom. The molecule has 2 aromatic heterocycles. The number of hydrogen-bond donors (Lipinski definition) is 2. The molecule has 8 nitrogen and oxygen atoms in total. The van der Waals surface area contributed by atoms with Gasteiger partial charge in [0, 0.05) is 7.05 Å². The molecule has 2 rings (SSSR count). The van der Waals surface area contributed by atoms with Crippen LogP contribution in [0.3, 0.4) is 0 Å². The summed E-state index contributed by atoms with van der Waals surface area (Å²) in [5.74, 6) is 0.198. The van der Waals surface area contributed by atoms with Gasteiger partial charge in [0.05, 0.1) is 17.0 Å². The number of nitrogens with zero attached hydrogens (tertiary/aromatic N) is 4. The Morgan fingerprint density at radius 2 is 1.95 bits per heavy atom. The van der Waals surface area contributed by atoms with Gasteiger partial charge < -0.3 is 5.10 Å². The van der Waals surface area contributed by atoms with Gasteiger partial charge in [-0.05, 0) is 20.8 Å². The number of aromatic amines is 2. The van der Waals surface area contributed by atoms with E-state index >= 15 is 0 Å². The molecule has 0 unspecified atom stereocenters. The van der Waals surface area contributed by atoms with Crippen molar-refractivity contribution >= 4 is 17.3 Å². The first-order valence-corrected chi connectivity index (χ1v) is 5.65. The second-order valence-electron chi connectivity index (χ2n) is 4.22. The number of hydrogen-bond acceptors (Lipinski definition) is 5. The van der Waals surface area contributed by atoms with Gasteiger partial charge in [-0.3, -0.25) is 14.7 Å². The molecule has 0 saturated carbocycles. The van der Waals surface area contributed by atoms with E-state index in [2.05, 4.69) is 25.5 Å². The van der Waals surface area contributed by atoms with Gasteiger partial charge in [-0.15, -0.1) is 10.2 Å². The predicted octanol–water partition coefficient (Wildman–Crippen LogP) is 1.67. The Hall–Kier alpha value is -2.51. The van der Waals surface area contributed by atoms with Crippen LogP contribution >= 0.6 is 0 Å². The zero-order valence-corrected chi connectivity index (χ0v) is 11.1. The molecule has 2 N–H and O–H groups in total. The Labute approximate surface area is 108 Å². The lowest BCUT2D eigenvalue weighted by molar-refractivity contribution is 0.101. The summed E-state index contributed by atoms with van der Waals surface area (Å²) in [4.78, 5) is 23.0. The average Bonchev–Trinajstić information content (AvgIpc) is 2.77. The number of Topliss-reactive ketones (excluding diaryl/α,β-unsaturated/α-hetero) is 1. The van der Waals surface area contributed by atoms with Crippen molar-refractivity contribution in [2.75, 3.05) is 0 Å². The Balaban J connectivity index is 2.50. The van der Waals surface area contributed by atoms with E-state index in [-0.39, 0.29) is 17.0 Å². The van der Waals surface area contributed by atoms with E-state index in [0.29, 0.717) is 22.8 Å². The fraction of sp³-hybridized carbons (Fsp3) is 0.364. The maximum atomic E-state index is 11.6. The second-order valence-corrected chi connectivity index (χ2v) is 4.22. The predicted molar refractivity (Wildman–Crippen MR) is 68.3 cm³/mol. The maximum Gasteiger partial charge on any atom is 0.291 e. The number of carbonyl (C=O) groups excluding carboxylic acids is 1. The SMILES string of the molecule is CC(=O)c1c(C)nn(C)c1N=Nc1c(C)[nH][nH]c1=O. The molecule has 0 fully saturated rings. The summed E-state index contributed by atoms with van der Waals surface area (Å²) in [7, 11) is 1.67. The van der Waals surface area contributed by atoms with Crippen molar-refractivity contribution in [1.29, 1.82) is 0 Å². The minimum absolute atomic E-state index is 0.140. The van der Waals surface area contributed by atoms with Gasteiger partial charge in [0.25, 0.3) is 5.56 Å². The number of ketones is 1. The molecule has 2 heterocycles. The van der Waals surface area contributed by atoms with Gasteiger partial charge in [-0.2, -0.15) is 5.10 Å². The van der Waals surface area contributed by atoms with Crippen LogP contribution in [0.5, 0.6) is 0 Å². The normalized spacial score (nSPS) is 11.4. The molecule has 0 aliphatic heterocycles. The van der Waals surface area contributed by atoms with Crippen molar-refractivity contribution in [2.24, 2.45) is 17.3 Å². The molecule has 0 bridgehead atoms. The first-order valence-electron chi connectivity index (χ1n) is 5.65. The summed E-state index contributed by atoms with van der Waals surface area (Å²) in [6.45, 7) is 4.87. The van der Waals surface area contributed by atoms with Gasteiger partial charge in [-0.1, -0.05) is 0 Å². The van der Waals surface area contributed by atoms with Crippen LogP contribution in [0, 0.1) is 13.8 Å². The van der Waals surface area contributed by atoms with Gasteiger partial charge in [0.2, 0.25) is 0 Å². The van der Waals surface area contributed by atoms with Crippen LogP contribution in [0.15, 0.2) is 15.0 Å². The molecule has 19 heavy (non-hydrogen) atoms. The number of H-pyrrole nitrogens is 2. The number of carbonyl (C=O) groups is 1. The zero-order chi connectivity index (χ0) is 14.2. The highest BCUT2D eigenvalue weighted by Crippen LogP contribution is 2.24. The molecule has 100 valence electrons. The molecule has 0 spiro atoms. The minimum Gasteiger partial charge on any atom is -0.300 e. The fourth-order valence-electron chi connectivity index (χ4n) is 1.83. The molecule has 0 radical (unpaired) electrons. The summed E-state index contributed by atoms with van der Waals surface area (Å²) >= 11 is 0. The van der Waals surface area contributed by atoms with E-state index in [1.165, 1.54) is 11.6 Å². The molecule has 0 aromatic carbocycles. The van der Waals surface area contributed by atoms with Crippen LogP contribution in [-0.2, 0) is 7.05 Å². The lowest BCUT2D eigenvalue weighted by Gasteiger charge is -1.96. The van der Waals surface area contributed by atoms with Gasteiger partial charge >= 0.3 is 0 Å². The van der Waals surface area contributed by atoms with Gasteiger partial charge in [0.15, 0.2) is 17.3 Å². The highest BCUT2D eigenvalue weighted by molar-refractivity contribution is 5.99. The monoisotopic (exact) mass is 262 g/mol. The molecule has 8 heteroatoms. The summed E-state index contributed by atoms with van der Waals surface area (Å²) < 4.78 is 1.46. The third kappa shape index (κ3) is 2.24. The molecular weight excluding hydrogens is 248 g/mol. The summed E-state index contributed by atoms with van der Waals surface area (Å²) in [5.41, 5.74) is 1.41. The van der Waals surface area contributed by atoms with Crippen molar-refractivity contribution in [3.05, 3.63) is 27.3 Å². The highest BCUT2D eigenvalue weighted by Gasteiger charge is 2.17. The molecule has 0 atom stereocenters. The van der Waals surface area contributed by atoms with Crippen molar-refractivity contribution in [3.8, 4) is 0 Å². The minimum atomic E-state index is -0.357. The average molecular weight is 262 g/mol. The quantitative estimate of drug-likeness (QED) is 0.648.